The smallest absolute Gasteiger partial charge is 0.193 e. The van der Waals surface area contributed by atoms with Gasteiger partial charge >= 0.3 is 0 Å². The van der Waals surface area contributed by atoms with E-state index >= 15 is 0 Å². The van der Waals surface area contributed by atoms with Crippen LogP contribution in [0.3, 0.4) is 0 Å². The first-order chi connectivity index (χ1) is 9.19. The highest BCUT2D eigenvalue weighted by Crippen LogP contribution is 2.26. The largest absolute Gasteiger partial charge is 0.491 e. The van der Waals surface area contributed by atoms with Crippen molar-refractivity contribution in [2.75, 3.05) is 11.9 Å². The molecule has 0 unspecified atom stereocenters. The van der Waals surface area contributed by atoms with Gasteiger partial charge in [-0.25, -0.2) is 0 Å². The van der Waals surface area contributed by atoms with Crippen molar-refractivity contribution in [3.05, 3.63) is 46.9 Å². The summed E-state index contributed by atoms with van der Waals surface area (Å²) >= 11 is 5.74. The van der Waals surface area contributed by atoms with E-state index in [2.05, 4.69) is 25.2 Å². The van der Waals surface area contributed by atoms with Gasteiger partial charge in [-0.15, -0.1) is 0 Å². The molecule has 2 rings (SSSR count). The molecule has 102 valence electrons. The Kier molecular flexibility index (Phi) is 4.74. The zero-order valence-electron chi connectivity index (χ0n) is 11.2. The lowest BCUT2D eigenvalue weighted by Crippen LogP contribution is -2.03. The van der Waals surface area contributed by atoms with E-state index < -0.39 is 0 Å². The lowest BCUT2D eigenvalue weighted by Gasteiger charge is -2.13. The molecular weight excluding hydrogens is 262 g/mol. The van der Waals surface area contributed by atoms with Crippen LogP contribution in [0.5, 0.6) is 5.75 Å². The quantitative estimate of drug-likeness (QED) is 0.836. The standard InChI is InChI=1S/C15H18ClNO2/c1-3-8-18-14-9-11(2)4-6-13(14)17-10-12-5-7-15(16)19-12/h4-7,9,17H,3,8,10H2,1-2H3. The maximum Gasteiger partial charge on any atom is 0.193 e. The summed E-state index contributed by atoms with van der Waals surface area (Å²) < 4.78 is 11.1. The van der Waals surface area contributed by atoms with Crippen LogP contribution >= 0.6 is 11.6 Å². The Hall–Kier alpha value is -1.61. The second-order valence-corrected chi connectivity index (χ2v) is 4.78. The third kappa shape index (κ3) is 3.93. The molecule has 0 aliphatic carbocycles. The molecule has 1 aromatic heterocycles. The minimum Gasteiger partial charge on any atom is -0.491 e. The van der Waals surface area contributed by atoms with Crippen LogP contribution in [-0.4, -0.2) is 6.61 Å². The highest BCUT2D eigenvalue weighted by atomic mass is 35.5. The summed E-state index contributed by atoms with van der Waals surface area (Å²) in [6, 6.07) is 9.70. The number of anilines is 1. The number of ether oxygens (including phenoxy) is 1. The molecule has 0 fully saturated rings. The Morgan fingerprint density at radius 3 is 2.79 bits per heavy atom. The fourth-order valence-corrected chi connectivity index (χ4v) is 1.90. The van der Waals surface area contributed by atoms with E-state index in [0.29, 0.717) is 18.4 Å². The second kappa shape index (κ2) is 6.53. The predicted octanol–water partition coefficient (Wildman–Crippen LogP) is 4.64. The van der Waals surface area contributed by atoms with Gasteiger partial charge in [0.25, 0.3) is 0 Å². The monoisotopic (exact) mass is 279 g/mol. The molecule has 4 heteroatoms. The van der Waals surface area contributed by atoms with Crippen molar-refractivity contribution in [2.24, 2.45) is 0 Å². The average molecular weight is 280 g/mol. The molecule has 0 spiro atoms. The van der Waals surface area contributed by atoms with Crippen molar-refractivity contribution < 1.29 is 9.15 Å². The molecule has 0 atom stereocenters. The Morgan fingerprint density at radius 1 is 1.26 bits per heavy atom. The number of rotatable bonds is 6. The molecule has 0 aliphatic rings. The van der Waals surface area contributed by atoms with Gasteiger partial charge in [0.15, 0.2) is 5.22 Å². The van der Waals surface area contributed by atoms with Gasteiger partial charge in [-0.1, -0.05) is 13.0 Å². The Bertz CT molecular complexity index is 537. The molecule has 0 aliphatic heterocycles. The van der Waals surface area contributed by atoms with E-state index in [0.717, 1.165) is 23.6 Å². The molecule has 2 aromatic rings. The molecule has 1 N–H and O–H groups in total. The van der Waals surface area contributed by atoms with E-state index in [4.69, 9.17) is 20.8 Å². The molecule has 1 aromatic carbocycles. The zero-order chi connectivity index (χ0) is 13.7. The fourth-order valence-electron chi connectivity index (χ4n) is 1.74. The number of hydrogen-bond acceptors (Lipinski definition) is 3. The first-order valence-corrected chi connectivity index (χ1v) is 6.78. The summed E-state index contributed by atoms with van der Waals surface area (Å²) in [7, 11) is 0. The first-order valence-electron chi connectivity index (χ1n) is 6.40. The maximum absolute atomic E-state index is 5.74. The lowest BCUT2D eigenvalue weighted by molar-refractivity contribution is 0.318. The summed E-state index contributed by atoms with van der Waals surface area (Å²) in [6.07, 6.45) is 0.987. The summed E-state index contributed by atoms with van der Waals surface area (Å²) in [5.41, 5.74) is 2.14. The van der Waals surface area contributed by atoms with Crippen molar-refractivity contribution in [1.82, 2.24) is 0 Å². The number of halogens is 1. The topological polar surface area (TPSA) is 34.4 Å². The summed E-state index contributed by atoms with van der Waals surface area (Å²) in [4.78, 5) is 0. The van der Waals surface area contributed by atoms with Crippen LogP contribution in [0.2, 0.25) is 5.22 Å². The highest BCUT2D eigenvalue weighted by molar-refractivity contribution is 6.28. The van der Waals surface area contributed by atoms with Crippen LogP contribution in [0.1, 0.15) is 24.7 Å². The molecule has 0 radical (unpaired) electrons. The summed E-state index contributed by atoms with van der Waals surface area (Å²) in [5, 5.41) is 3.71. The highest BCUT2D eigenvalue weighted by Gasteiger charge is 2.05. The molecule has 19 heavy (non-hydrogen) atoms. The van der Waals surface area contributed by atoms with E-state index in [1.165, 1.54) is 5.56 Å². The van der Waals surface area contributed by atoms with Gasteiger partial charge in [-0.2, -0.15) is 0 Å². The first kappa shape index (κ1) is 13.8. The maximum atomic E-state index is 5.74. The number of hydrogen-bond donors (Lipinski definition) is 1. The summed E-state index contributed by atoms with van der Waals surface area (Å²) in [6.45, 7) is 5.44. The normalized spacial score (nSPS) is 10.5. The van der Waals surface area contributed by atoms with E-state index in [9.17, 15) is 0 Å². The Morgan fingerprint density at radius 2 is 2.11 bits per heavy atom. The third-order valence-electron chi connectivity index (χ3n) is 2.68. The van der Waals surface area contributed by atoms with Gasteiger partial charge in [-0.05, 0) is 54.8 Å². The van der Waals surface area contributed by atoms with Crippen molar-refractivity contribution in [3.63, 3.8) is 0 Å². The van der Waals surface area contributed by atoms with Crippen LogP contribution in [0.25, 0.3) is 0 Å². The van der Waals surface area contributed by atoms with E-state index in [1.54, 1.807) is 6.07 Å². The van der Waals surface area contributed by atoms with Gasteiger partial charge < -0.3 is 14.5 Å². The summed E-state index contributed by atoms with van der Waals surface area (Å²) in [5.74, 6) is 1.67. The van der Waals surface area contributed by atoms with E-state index in [1.807, 2.05) is 18.2 Å². The van der Waals surface area contributed by atoms with Gasteiger partial charge in [0.2, 0.25) is 0 Å². The van der Waals surface area contributed by atoms with Gasteiger partial charge in [-0.3, -0.25) is 0 Å². The van der Waals surface area contributed by atoms with Crippen LogP contribution in [0, 0.1) is 6.92 Å². The van der Waals surface area contributed by atoms with Crippen LogP contribution in [0.15, 0.2) is 34.7 Å². The molecule has 1 heterocycles. The van der Waals surface area contributed by atoms with Gasteiger partial charge in [0.05, 0.1) is 18.8 Å². The van der Waals surface area contributed by atoms with Crippen LogP contribution in [-0.2, 0) is 6.54 Å². The fraction of sp³-hybridized carbons (Fsp3) is 0.333. The van der Waals surface area contributed by atoms with E-state index in [-0.39, 0.29) is 0 Å². The van der Waals surface area contributed by atoms with Crippen molar-refractivity contribution in [3.8, 4) is 5.75 Å². The van der Waals surface area contributed by atoms with Crippen molar-refractivity contribution >= 4 is 17.3 Å². The van der Waals surface area contributed by atoms with Gasteiger partial charge in [0, 0.05) is 0 Å². The lowest BCUT2D eigenvalue weighted by atomic mass is 10.2. The number of benzene rings is 1. The molecular formula is C15H18ClNO2. The molecule has 0 amide bonds. The Labute approximate surface area is 118 Å². The SMILES string of the molecule is CCCOc1cc(C)ccc1NCc1ccc(Cl)o1. The predicted molar refractivity (Wildman–Crippen MR) is 78.0 cm³/mol. The Balaban J connectivity index is 2.05. The number of nitrogens with one attached hydrogen (secondary N) is 1. The average Bonchev–Trinajstić information content (AvgIpc) is 2.81. The van der Waals surface area contributed by atoms with Gasteiger partial charge in [0.1, 0.15) is 11.5 Å². The van der Waals surface area contributed by atoms with Crippen LogP contribution in [0.4, 0.5) is 5.69 Å². The second-order valence-electron chi connectivity index (χ2n) is 4.41. The minimum absolute atomic E-state index is 0.406. The van der Waals surface area contributed by atoms with Crippen LogP contribution < -0.4 is 10.1 Å². The number of furan rings is 1. The molecule has 0 saturated carbocycles. The molecule has 3 nitrogen and oxygen atoms in total. The zero-order valence-corrected chi connectivity index (χ0v) is 12.0. The number of aryl methyl sites for hydroxylation is 1. The third-order valence-corrected chi connectivity index (χ3v) is 2.88. The molecule has 0 saturated heterocycles. The minimum atomic E-state index is 0.406. The van der Waals surface area contributed by atoms with Crippen molar-refractivity contribution in [1.29, 1.82) is 0 Å². The van der Waals surface area contributed by atoms with Crippen molar-refractivity contribution in [2.45, 2.75) is 26.8 Å². The molecule has 0 bridgehead atoms.